The summed E-state index contributed by atoms with van der Waals surface area (Å²) in [6, 6.07) is 18.7. The van der Waals surface area contributed by atoms with Crippen molar-refractivity contribution >= 4 is 22.8 Å². The molecule has 1 atom stereocenters. The van der Waals surface area contributed by atoms with Crippen LogP contribution >= 0.6 is 0 Å². The molecule has 1 aliphatic heterocycles. The quantitative estimate of drug-likeness (QED) is 0.482. The van der Waals surface area contributed by atoms with Gasteiger partial charge in [-0.15, -0.1) is 0 Å². The van der Waals surface area contributed by atoms with E-state index in [9.17, 15) is 4.79 Å². The van der Waals surface area contributed by atoms with Gasteiger partial charge in [-0.05, 0) is 23.6 Å². The molecular weight excluding hydrogens is 426 g/mol. The van der Waals surface area contributed by atoms with Gasteiger partial charge in [0, 0.05) is 33.2 Å². The van der Waals surface area contributed by atoms with Gasteiger partial charge in [0.1, 0.15) is 12.1 Å². The monoisotopic (exact) mass is 455 g/mol. The summed E-state index contributed by atoms with van der Waals surface area (Å²) in [7, 11) is 1.88. The molecule has 8 heteroatoms. The SMILES string of the molecule is CC(NC(=O)CN1CCN(c2ncnc3c2cnn3C)CC1)c1ccc(-c2ccccc2)cc1. The summed E-state index contributed by atoms with van der Waals surface area (Å²) in [5, 5.41) is 8.41. The molecule has 3 heterocycles. The van der Waals surface area contributed by atoms with Crippen molar-refractivity contribution in [2.75, 3.05) is 37.6 Å². The zero-order valence-corrected chi connectivity index (χ0v) is 19.6. The average molecular weight is 456 g/mol. The number of aromatic nitrogens is 4. The number of fused-ring (bicyclic) bond motifs is 1. The number of carbonyl (C=O) groups excluding carboxylic acids is 1. The van der Waals surface area contributed by atoms with Crippen LogP contribution in [0.1, 0.15) is 18.5 Å². The first kappa shape index (κ1) is 22.0. The number of amides is 1. The Morgan fingerprint density at radius 3 is 2.41 bits per heavy atom. The number of nitrogens with one attached hydrogen (secondary N) is 1. The number of carbonyl (C=O) groups is 1. The summed E-state index contributed by atoms with van der Waals surface area (Å²) < 4.78 is 1.76. The fourth-order valence-corrected chi connectivity index (χ4v) is 4.49. The maximum absolute atomic E-state index is 12.7. The first-order valence-electron chi connectivity index (χ1n) is 11.6. The van der Waals surface area contributed by atoms with Crippen LogP contribution in [0.3, 0.4) is 0 Å². The Morgan fingerprint density at radius 2 is 1.68 bits per heavy atom. The van der Waals surface area contributed by atoms with Crippen molar-refractivity contribution in [2.24, 2.45) is 7.05 Å². The Hall–Kier alpha value is -3.78. The zero-order valence-electron chi connectivity index (χ0n) is 19.6. The predicted octanol–water partition coefficient (Wildman–Crippen LogP) is 3.03. The molecule has 8 nitrogen and oxygen atoms in total. The van der Waals surface area contributed by atoms with Crippen LogP contribution in [0.2, 0.25) is 0 Å². The number of anilines is 1. The fourth-order valence-electron chi connectivity index (χ4n) is 4.49. The fraction of sp³-hybridized carbons (Fsp3) is 0.308. The van der Waals surface area contributed by atoms with Crippen molar-refractivity contribution in [1.29, 1.82) is 0 Å². The van der Waals surface area contributed by atoms with E-state index in [2.05, 4.69) is 66.6 Å². The van der Waals surface area contributed by atoms with Gasteiger partial charge in [-0.25, -0.2) is 9.97 Å². The van der Waals surface area contributed by atoms with Crippen LogP contribution in [0, 0.1) is 0 Å². The molecule has 34 heavy (non-hydrogen) atoms. The maximum Gasteiger partial charge on any atom is 0.234 e. The molecule has 0 bridgehead atoms. The molecule has 0 aliphatic carbocycles. The molecular formula is C26H29N7O. The first-order valence-corrected chi connectivity index (χ1v) is 11.6. The van der Waals surface area contributed by atoms with Gasteiger partial charge in [-0.1, -0.05) is 54.6 Å². The standard InChI is InChI=1S/C26H29N7O/c1-19(20-8-10-22(11-9-20)21-6-4-3-5-7-21)30-24(34)17-32-12-14-33(15-13-32)26-23-16-29-31(2)25(23)27-18-28-26/h3-11,16,18-19H,12-15,17H2,1-2H3,(H,30,34). The Kier molecular flexibility index (Phi) is 6.22. The highest BCUT2D eigenvalue weighted by Gasteiger charge is 2.22. The van der Waals surface area contributed by atoms with Crippen LogP contribution < -0.4 is 10.2 Å². The first-order chi connectivity index (χ1) is 16.6. The molecule has 0 saturated carbocycles. The van der Waals surface area contributed by atoms with Crippen LogP contribution in [0.5, 0.6) is 0 Å². The molecule has 1 fully saturated rings. The molecule has 2 aromatic carbocycles. The molecule has 174 valence electrons. The average Bonchev–Trinajstić information content (AvgIpc) is 3.26. The number of rotatable bonds is 6. The van der Waals surface area contributed by atoms with Crippen LogP contribution in [0.25, 0.3) is 22.2 Å². The number of hydrogen-bond donors (Lipinski definition) is 1. The van der Waals surface area contributed by atoms with Gasteiger partial charge in [0.2, 0.25) is 5.91 Å². The van der Waals surface area contributed by atoms with Crippen molar-refractivity contribution < 1.29 is 4.79 Å². The second-order valence-electron chi connectivity index (χ2n) is 8.74. The minimum Gasteiger partial charge on any atom is -0.353 e. The third kappa shape index (κ3) is 4.63. The molecule has 5 rings (SSSR count). The highest BCUT2D eigenvalue weighted by atomic mass is 16.2. The maximum atomic E-state index is 12.7. The minimum absolute atomic E-state index is 0.0431. The summed E-state index contributed by atoms with van der Waals surface area (Å²) in [5.41, 5.74) is 4.30. The minimum atomic E-state index is -0.0431. The third-order valence-corrected chi connectivity index (χ3v) is 6.44. The van der Waals surface area contributed by atoms with Crippen LogP contribution in [-0.4, -0.2) is 63.3 Å². The molecule has 0 spiro atoms. The zero-order chi connectivity index (χ0) is 23.5. The van der Waals surface area contributed by atoms with Crippen molar-refractivity contribution in [3.63, 3.8) is 0 Å². The van der Waals surface area contributed by atoms with E-state index in [4.69, 9.17) is 0 Å². The Bertz CT molecular complexity index is 1260. The van der Waals surface area contributed by atoms with E-state index >= 15 is 0 Å². The third-order valence-electron chi connectivity index (χ3n) is 6.44. The van der Waals surface area contributed by atoms with Crippen LogP contribution in [0.4, 0.5) is 5.82 Å². The molecule has 1 amide bonds. The summed E-state index contributed by atoms with van der Waals surface area (Å²) in [6.45, 7) is 5.65. The Balaban J connectivity index is 1.14. The topological polar surface area (TPSA) is 79.2 Å². The largest absolute Gasteiger partial charge is 0.353 e. The lowest BCUT2D eigenvalue weighted by molar-refractivity contribution is -0.123. The highest BCUT2D eigenvalue weighted by molar-refractivity contribution is 5.86. The number of hydrogen-bond acceptors (Lipinski definition) is 6. The number of aryl methyl sites for hydroxylation is 1. The molecule has 1 saturated heterocycles. The van der Waals surface area contributed by atoms with Crippen molar-refractivity contribution in [2.45, 2.75) is 13.0 Å². The van der Waals surface area contributed by atoms with Crippen LogP contribution in [-0.2, 0) is 11.8 Å². The lowest BCUT2D eigenvalue weighted by Gasteiger charge is -2.35. The molecule has 4 aromatic rings. The van der Waals surface area contributed by atoms with Crippen molar-refractivity contribution in [3.8, 4) is 11.1 Å². The van der Waals surface area contributed by atoms with Gasteiger partial charge in [0.25, 0.3) is 0 Å². The van der Waals surface area contributed by atoms with E-state index in [0.29, 0.717) is 6.54 Å². The van der Waals surface area contributed by atoms with Gasteiger partial charge in [-0.3, -0.25) is 14.4 Å². The molecule has 1 N–H and O–H groups in total. The van der Waals surface area contributed by atoms with Gasteiger partial charge in [0.05, 0.1) is 24.2 Å². The Labute approximate surface area is 199 Å². The van der Waals surface area contributed by atoms with Gasteiger partial charge in [0.15, 0.2) is 5.65 Å². The molecule has 1 aliphatic rings. The van der Waals surface area contributed by atoms with E-state index in [1.165, 1.54) is 11.1 Å². The van der Waals surface area contributed by atoms with Crippen molar-refractivity contribution in [1.82, 2.24) is 30.0 Å². The highest BCUT2D eigenvalue weighted by Crippen LogP contribution is 2.24. The Morgan fingerprint density at radius 1 is 0.971 bits per heavy atom. The van der Waals surface area contributed by atoms with Gasteiger partial charge in [-0.2, -0.15) is 5.10 Å². The number of benzene rings is 2. The van der Waals surface area contributed by atoms with E-state index in [1.807, 2.05) is 38.4 Å². The summed E-state index contributed by atoms with van der Waals surface area (Å²) in [5.74, 6) is 0.958. The van der Waals surface area contributed by atoms with E-state index < -0.39 is 0 Å². The summed E-state index contributed by atoms with van der Waals surface area (Å²) >= 11 is 0. The van der Waals surface area contributed by atoms with E-state index in [0.717, 1.165) is 48.6 Å². The molecule has 1 unspecified atom stereocenters. The molecule has 2 aromatic heterocycles. The van der Waals surface area contributed by atoms with E-state index in [1.54, 1.807) is 11.0 Å². The second kappa shape index (κ2) is 9.61. The normalized spacial score (nSPS) is 15.4. The van der Waals surface area contributed by atoms with Gasteiger partial charge >= 0.3 is 0 Å². The summed E-state index contributed by atoms with van der Waals surface area (Å²) in [6.07, 6.45) is 3.41. The van der Waals surface area contributed by atoms with Crippen LogP contribution in [0.15, 0.2) is 67.1 Å². The van der Waals surface area contributed by atoms with Gasteiger partial charge < -0.3 is 10.2 Å². The molecule has 0 radical (unpaired) electrons. The van der Waals surface area contributed by atoms with E-state index in [-0.39, 0.29) is 11.9 Å². The van der Waals surface area contributed by atoms with Crippen molar-refractivity contribution in [3.05, 3.63) is 72.7 Å². The predicted molar refractivity (Wildman–Crippen MR) is 133 cm³/mol. The smallest absolute Gasteiger partial charge is 0.234 e. The second-order valence-corrected chi connectivity index (χ2v) is 8.74. The number of nitrogens with zero attached hydrogens (tertiary/aromatic N) is 6. The number of piperazine rings is 1. The summed E-state index contributed by atoms with van der Waals surface area (Å²) in [4.78, 5) is 26.0. The lowest BCUT2D eigenvalue weighted by atomic mass is 10.0. The lowest BCUT2D eigenvalue weighted by Crippen LogP contribution is -2.50.